The molecule has 3 aromatic carbocycles. The molecule has 0 saturated carbocycles. The fourth-order valence-electron chi connectivity index (χ4n) is 5.61. The molecule has 0 aliphatic heterocycles. The first-order valence-electron chi connectivity index (χ1n) is 11.5. The van der Waals surface area contributed by atoms with Crippen molar-refractivity contribution >= 4 is 27.9 Å². The van der Waals surface area contributed by atoms with Crippen molar-refractivity contribution in [1.82, 2.24) is 4.98 Å². The van der Waals surface area contributed by atoms with Crippen LogP contribution in [0, 0.1) is 6.07 Å². The number of benzene rings is 3. The Labute approximate surface area is 228 Å². The minimum Gasteiger partial charge on any atom is -0.512 e. The largest absolute Gasteiger partial charge is 0.512 e. The number of pyridine rings is 1. The molecule has 2 aromatic heterocycles. The molecule has 180 valence electrons. The molecule has 1 N–H and O–H groups in total. The number of carbonyl (C=O) groups is 1. The number of allylic oxidation sites excluding steroid dienone is 2. The number of carbonyl (C=O) groups excluding carboxylic acids is 1. The Morgan fingerprint density at radius 1 is 0.944 bits per heavy atom. The molecule has 0 unspecified atom stereocenters. The van der Waals surface area contributed by atoms with E-state index < -0.39 is 0 Å². The van der Waals surface area contributed by atoms with Gasteiger partial charge in [-0.15, -0.1) is 0 Å². The fourth-order valence-corrected chi connectivity index (χ4v) is 6.68. The van der Waals surface area contributed by atoms with E-state index in [4.69, 9.17) is 10.1 Å². The molecule has 0 bridgehead atoms. The maximum absolute atomic E-state index is 10.0. The molecule has 0 fully saturated rings. The van der Waals surface area contributed by atoms with Gasteiger partial charge in [0, 0.05) is 38.8 Å². The third-order valence-electron chi connectivity index (χ3n) is 6.72. The van der Waals surface area contributed by atoms with Gasteiger partial charge < -0.3 is 10.1 Å². The third kappa shape index (κ3) is 3.43. The summed E-state index contributed by atoms with van der Waals surface area (Å²) in [6, 6.07) is 29.9. The van der Waals surface area contributed by atoms with Gasteiger partial charge in [-0.1, -0.05) is 88.6 Å². The molecule has 5 heteroatoms. The number of rotatable bonds is 1. The summed E-state index contributed by atoms with van der Waals surface area (Å²) >= 11 is 1.80. The van der Waals surface area contributed by atoms with Crippen molar-refractivity contribution in [1.29, 1.82) is 0 Å². The molecule has 2 heterocycles. The Kier molecular flexibility index (Phi) is 6.28. The van der Waals surface area contributed by atoms with Gasteiger partial charge in [0.05, 0.1) is 5.76 Å². The zero-order valence-electron chi connectivity index (χ0n) is 19.7. The van der Waals surface area contributed by atoms with E-state index in [1.54, 1.807) is 11.3 Å². The predicted octanol–water partition coefficient (Wildman–Crippen LogP) is 7.47. The molecular formula is C31H22NO2PtS-. The Hall–Kier alpha value is -3.33. The molecule has 3 nitrogen and oxygen atoms in total. The number of thiophene rings is 1. The average Bonchev–Trinajstić information content (AvgIpc) is 3.52. The SMILES string of the molecule is CC(=O)/C=C(/C)O.[Pt].[c-]1csc2c1-c1ncc3ccccc3c1C21c2ccccc2-c2ccccc21. The summed E-state index contributed by atoms with van der Waals surface area (Å²) in [5.74, 6) is -0.0625. The van der Waals surface area contributed by atoms with Crippen molar-refractivity contribution in [2.75, 3.05) is 0 Å². The molecule has 1 spiro atoms. The summed E-state index contributed by atoms with van der Waals surface area (Å²) in [6.07, 6.45) is 3.18. The van der Waals surface area contributed by atoms with Crippen LogP contribution >= 0.6 is 11.3 Å². The van der Waals surface area contributed by atoms with Gasteiger partial charge in [0.2, 0.25) is 0 Å². The van der Waals surface area contributed by atoms with Crippen LogP contribution in [-0.2, 0) is 31.3 Å². The standard InChI is InChI=1S/C26H14NS.C5H8O2.Pt/c1-2-8-17-16(7-1)15-27-24-20-13-14-28-25(20)26(23(17)24)21-11-5-3-9-18(21)19-10-4-6-12-22(19)26;1-4(6)3-5(2)7;/h1-12,14-15H;3,6H,1-2H3;/q-1;;/b;4-3-;. The van der Waals surface area contributed by atoms with E-state index in [1.165, 1.54) is 63.4 Å². The smallest absolute Gasteiger partial charge is 0.155 e. The van der Waals surface area contributed by atoms with Crippen LogP contribution in [-0.4, -0.2) is 15.9 Å². The van der Waals surface area contributed by atoms with E-state index in [-0.39, 0.29) is 38.0 Å². The molecule has 2 aliphatic carbocycles. The second-order valence-electron chi connectivity index (χ2n) is 8.89. The van der Waals surface area contributed by atoms with Gasteiger partial charge in [-0.05, 0) is 52.6 Å². The van der Waals surface area contributed by atoms with Crippen LogP contribution in [0.25, 0.3) is 33.2 Å². The van der Waals surface area contributed by atoms with Crippen LogP contribution in [0.15, 0.2) is 96.2 Å². The Bertz CT molecular complexity index is 1620. The normalized spacial score (nSPS) is 13.7. The van der Waals surface area contributed by atoms with Crippen LogP contribution in [0.1, 0.15) is 35.4 Å². The number of hydrogen-bond donors (Lipinski definition) is 1. The molecular weight excluding hydrogens is 645 g/mol. The molecule has 2 aliphatic rings. The number of hydrogen-bond acceptors (Lipinski definition) is 4. The minimum absolute atomic E-state index is 0. The van der Waals surface area contributed by atoms with Gasteiger partial charge in [-0.2, -0.15) is 11.6 Å². The second-order valence-corrected chi connectivity index (χ2v) is 9.77. The maximum atomic E-state index is 10.0. The summed E-state index contributed by atoms with van der Waals surface area (Å²) in [5, 5.41) is 12.9. The van der Waals surface area contributed by atoms with Gasteiger partial charge in [-0.3, -0.25) is 4.79 Å². The van der Waals surface area contributed by atoms with Crippen molar-refractivity contribution in [3.63, 3.8) is 0 Å². The van der Waals surface area contributed by atoms with Crippen LogP contribution in [0.5, 0.6) is 0 Å². The van der Waals surface area contributed by atoms with Crippen molar-refractivity contribution < 1.29 is 31.0 Å². The molecule has 7 rings (SSSR count). The van der Waals surface area contributed by atoms with Gasteiger partial charge in [0.1, 0.15) is 0 Å². The summed E-state index contributed by atoms with van der Waals surface area (Å²) < 4.78 is 0. The summed E-state index contributed by atoms with van der Waals surface area (Å²) in [5.41, 5.74) is 8.67. The second kappa shape index (κ2) is 9.28. The third-order valence-corrected chi connectivity index (χ3v) is 7.71. The first-order valence-corrected chi connectivity index (χ1v) is 12.4. The maximum Gasteiger partial charge on any atom is 0.155 e. The van der Waals surface area contributed by atoms with E-state index >= 15 is 0 Å². The Morgan fingerprint density at radius 2 is 1.56 bits per heavy atom. The Balaban J connectivity index is 0.000000297. The van der Waals surface area contributed by atoms with Crippen molar-refractivity contribution in [2.45, 2.75) is 19.3 Å². The number of fused-ring (bicyclic) bond motifs is 12. The first kappa shape index (κ1) is 24.4. The number of aliphatic hydroxyl groups is 1. The summed E-state index contributed by atoms with van der Waals surface area (Å²) in [4.78, 5) is 16.3. The molecule has 5 aromatic rings. The monoisotopic (exact) mass is 667 g/mol. The van der Waals surface area contributed by atoms with E-state index in [2.05, 4.69) is 84.2 Å². The Morgan fingerprint density at radius 3 is 2.17 bits per heavy atom. The van der Waals surface area contributed by atoms with Gasteiger partial charge >= 0.3 is 0 Å². The zero-order valence-corrected chi connectivity index (χ0v) is 22.8. The van der Waals surface area contributed by atoms with Crippen LogP contribution in [0.4, 0.5) is 0 Å². The summed E-state index contributed by atoms with van der Waals surface area (Å²) in [6.45, 7) is 2.85. The number of nitrogens with zero attached hydrogens (tertiary/aromatic N) is 1. The first-order chi connectivity index (χ1) is 17.0. The van der Waals surface area contributed by atoms with E-state index in [9.17, 15) is 4.79 Å². The quantitative estimate of drug-likeness (QED) is 0.112. The van der Waals surface area contributed by atoms with E-state index in [0.717, 1.165) is 11.3 Å². The number of aliphatic hydroxyl groups excluding tert-OH is 1. The molecule has 36 heavy (non-hydrogen) atoms. The van der Waals surface area contributed by atoms with Crippen molar-refractivity contribution in [3.8, 4) is 22.4 Å². The van der Waals surface area contributed by atoms with Crippen LogP contribution in [0.2, 0.25) is 0 Å². The molecule has 0 atom stereocenters. The van der Waals surface area contributed by atoms with Crippen LogP contribution < -0.4 is 0 Å². The van der Waals surface area contributed by atoms with Gasteiger partial charge in [-0.25, -0.2) is 11.3 Å². The van der Waals surface area contributed by atoms with Gasteiger partial charge in [0.25, 0.3) is 0 Å². The number of ketones is 1. The minimum atomic E-state index is -0.295. The predicted molar refractivity (Wildman–Crippen MR) is 142 cm³/mol. The fraction of sp³-hybridized carbons (Fsp3) is 0.0968. The summed E-state index contributed by atoms with van der Waals surface area (Å²) in [7, 11) is 0. The van der Waals surface area contributed by atoms with E-state index in [0.29, 0.717) is 0 Å². The number of aromatic nitrogens is 1. The van der Waals surface area contributed by atoms with Crippen molar-refractivity contribution in [2.24, 2.45) is 0 Å². The zero-order chi connectivity index (χ0) is 24.2. The topological polar surface area (TPSA) is 50.2 Å². The average molecular weight is 668 g/mol. The van der Waals surface area contributed by atoms with Gasteiger partial charge in [0.15, 0.2) is 5.78 Å². The molecule has 0 saturated heterocycles. The van der Waals surface area contributed by atoms with Crippen LogP contribution in [0.3, 0.4) is 0 Å². The molecule has 0 amide bonds. The van der Waals surface area contributed by atoms with Crippen molar-refractivity contribution in [3.05, 3.63) is 124 Å². The molecule has 0 radical (unpaired) electrons. The van der Waals surface area contributed by atoms with E-state index in [1.807, 2.05) is 6.20 Å².